The molecule has 18 heavy (non-hydrogen) atoms. The van der Waals surface area contributed by atoms with E-state index in [1.165, 1.54) is 0 Å². The molecule has 3 N–H and O–H groups in total. The topological polar surface area (TPSA) is 91.8 Å². The molecule has 1 aromatic heterocycles. The summed E-state index contributed by atoms with van der Waals surface area (Å²) in [6, 6.07) is 10.2. The zero-order chi connectivity index (χ0) is 13.0. The molecule has 2 aromatic rings. The van der Waals surface area contributed by atoms with Crippen LogP contribution in [0.25, 0.3) is 0 Å². The molecule has 0 aliphatic heterocycles. The monoisotopic (exact) mass is 249 g/mol. The highest BCUT2D eigenvalue weighted by Gasteiger charge is 2.13. The minimum absolute atomic E-state index is 0.0663. The van der Waals surface area contributed by atoms with Crippen LogP contribution in [0.5, 0.6) is 17.5 Å². The van der Waals surface area contributed by atoms with Gasteiger partial charge in [-0.15, -0.1) is 0 Å². The summed E-state index contributed by atoms with van der Waals surface area (Å²) < 4.78 is 9.51. The SMILES string of the molecule is O=C(OCc1ccccc1)Oc1cc(O)[nH]c1O. The number of aromatic amines is 1. The van der Waals surface area contributed by atoms with E-state index >= 15 is 0 Å². The van der Waals surface area contributed by atoms with E-state index in [4.69, 9.17) is 9.84 Å². The molecule has 0 saturated carbocycles. The summed E-state index contributed by atoms with van der Waals surface area (Å²) in [7, 11) is 0. The van der Waals surface area contributed by atoms with Gasteiger partial charge in [-0.05, 0) is 5.56 Å². The maximum atomic E-state index is 11.3. The summed E-state index contributed by atoms with van der Waals surface area (Å²) in [5.41, 5.74) is 0.815. The second kappa shape index (κ2) is 5.13. The first-order chi connectivity index (χ1) is 8.65. The van der Waals surface area contributed by atoms with Crippen LogP contribution in [0.4, 0.5) is 4.79 Å². The number of carbonyl (C=O) groups is 1. The van der Waals surface area contributed by atoms with Gasteiger partial charge in [-0.3, -0.25) is 4.98 Å². The van der Waals surface area contributed by atoms with Crippen molar-refractivity contribution in [2.24, 2.45) is 0 Å². The molecule has 6 nitrogen and oxygen atoms in total. The van der Waals surface area contributed by atoms with Gasteiger partial charge in [0.05, 0.1) is 0 Å². The number of carbonyl (C=O) groups excluding carboxylic acids is 1. The van der Waals surface area contributed by atoms with Gasteiger partial charge in [-0.2, -0.15) is 0 Å². The molecule has 0 radical (unpaired) electrons. The van der Waals surface area contributed by atoms with Crippen LogP contribution in [-0.2, 0) is 11.3 Å². The van der Waals surface area contributed by atoms with E-state index in [-0.39, 0.29) is 18.2 Å². The van der Waals surface area contributed by atoms with E-state index in [0.29, 0.717) is 0 Å². The van der Waals surface area contributed by atoms with Gasteiger partial charge in [0.15, 0.2) is 11.6 Å². The predicted molar refractivity (Wildman–Crippen MR) is 61.4 cm³/mol. The Morgan fingerprint density at radius 3 is 2.56 bits per heavy atom. The van der Waals surface area contributed by atoms with Gasteiger partial charge in [-0.25, -0.2) is 4.79 Å². The Morgan fingerprint density at radius 2 is 1.94 bits per heavy atom. The number of H-pyrrole nitrogens is 1. The van der Waals surface area contributed by atoms with Crippen molar-refractivity contribution < 1.29 is 24.5 Å². The van der Waals surface area contributed by atoms with Crippen LogP contribution < -0.4 is 4.74 Å². The summed E-state index contributed by atoms with van der Waals surface area (Å²) in [6.45, 7) is 0.0663. The zero-order valence-electron chi connectivity index (χ0n) is 9.29. The maximum absolute atomic E-state index is 11.3. The highest BCUT2D eigenvalue weighted by molar-refractivity contribution is 5.65. The van der Waals surface area contributed by atoms with E-state index in [1.54, 1.807) is 12.1 Å². The van der Waals surface area contributed by atoms with Gasteiger partial charge in [0.2, 0.25) is 5.88 Å². The molecule has 0 amide bonds. The van der Waals surface area contributed by atoms with Crippen molar-refractivity contribution in [3.8, 4) is 17.5 Å². The quantitative estimate of drug-likeness (QED) is 0.725. The van der Waals surface area contributed by atoms with E-state index in [9.17, 15) is 9.90 Å². The van der Waals surface area contributed by atoms with Gasteiger partial charge in [0, 0.05) is 6.07 Å². The van der Waals surface area contributed by atoms with Crippen LogP contribution >= 0.6 is 0 Å². The number of hydrogen-bond acceptors (Lipinski definition) is 5. The van der Waals surface area contributed by atoms with Crippen molar-refractivity contribution >= 4 is 6.16 Å². The average molecular weight is 249 g/mol. The van der Waals surface area contributed by atoms with E-state index < -0.39 is 12.0 Å². The van der Waals surface area contributed by atoms with Gasteiger partial charge < -0.3 is 19.7 Å². The molecule has 0 spiro atoms. The number of rotatable bonds is 3. The fourth-order valence-electron chi connectivity index (χ4n) is 1.33. The van der Waals surface area contributed by atoms with Gasteiger partial charge in [0.1, 0.15) is 6.61 Å². The van der Waals surface area contributed by atoms with Crippen molar-refractivity contribution in [2.45, 2.75) is 6.61 Å². The summed E-state index contributed by atoms with van der Waals surface area (Å²) in [4.78, 5) is 13.5. The molecule has 0 saturated heterocycles. The molecule has 0 fully saturated rings. The van der Waals surface area contributed by atoms with Crippen molar-refractivity contribution in [3.05, 3.63) is 42.0 Å². The Bertz CT molecular complexity index is 535. The minimum Gasteiger partial charge on any atom is -0.494 e. The summed E-state index contributed by atoms with van der Waals surface area (Å²) in [5, 5.41) is 18.2. The lowest BCUT2D eigenvalue weighted by atomic mass is 10.2. The largest absolute Gasteiger partial charge is 0.514 e. The zero-order valence-corrected chi connectivity index (χ0v) is 9.29. The van der Waals surface area contributed by atoms with Crippen LogP contribution in [0.1, 0.15) is 5.56 Å². The Labute approximate surface area is 102 Å². The summed E-state index contributed by atoms with van der Waals surface area (Å²) in [5.74, 6) is -0.937. The smallest absolute Gasteiger partial charge is 0.494 e. The molecular formula is C12H11NO5. The fourth-order valence-corrected chi connectivity index (χ4v) is 1.33. The number of ether oxygens (including phenoxy) is 2. The number of nitrogens with one attached hydrogen (secondary N) is 1. The molecule has 6 heteroatoms. The third-order valence-corrected chi connectivity index (χ3v) is 2.14. The van der Waals surface area contributed by atoms with E-state index in [0.717, 1.165) is 11.6 Å². The normalized spacial score (nSPS) is 10.0. The van der Waals surface area contributed by atoms with Crippen molar-refractivity contribution in [1.29, 1.82) is 0 Å². The molecule has 2 rings (SSSR count). The van der Waals surface area contributed by atoms with Crippen LogP contribution in [0, 0.1) is 0 Å². The van der Waals surface area contributed by atoms with Gasteiger partial charge in [-0.1, -0.05) is 30.3 Å². The molecule has 0 bridgehead atoms. The Hall–Kier alpha value is -2.63. The van der Waals surface area contributed by atoms with Gasteiger partial charge in [0.25, 0.3) is 0 Å². The standard InChI is InChI=1S/C12H11NO5/c14-10-6-9(11(15)13-10)18-12(16)17-7-8-4-2-1-3-5-8/h1-6,13-15H,7H2. The molecule has 0 aliphatic carbocycles. The Morgan fingerprint density at radius 1 is 1.22 bits per heavy atom. The third kappa shape index (κ3) is 2.94. The summed E-state index contributed by atoms with van der Waals surface area (Å²) in [6.07, 6.45) is -0.965. The number of aromatic nitrogens is 1. The minimum atomic E-state index is -0.965. The van der Waals surface area contributed by atoms with Crippen LogP contribution in [-0.4, -0.2) is 21.4 Å². The second-order valence-electron chi connectivity index (χ2n) is 3.49. The molecule has 1 heterocycles. The first-order valence-corrected chi connectivity index (χ1v) is 5.14. The van der Waals surface area contributed by atoms with E-state index in [1.807, 2.05) is 18.2 Å². The average Bonchev–Trinajstić information content (AvgIpc) is 2.67. The van der Waals surface area contributed by atoms with Crippen molar-refractivity contribution in [1.82, 2.24) is 4.98 Å². The lowest BCUT2D eigenvalue weighted by Crippen LogP contribution is -2.10. The van der Waals surface area contributed by atoms with Gasteiger partial charge >= 0.3 is 6.16 Å². The lowest BCUT2D eigenvalue weighted by Gasteiger charge is -2.04. The van der Waals surface area contributed by atoms with E-state index in [2.05, 4.69) is 9.72 Å². The second-order valence-corrected chi connectivity index (χ2v) is 3.49. The maximum Gasteiger partial charge on any atom is 0.514 e. The van der Waals surface area contributed by atoms with Crippen molar-refractivity contribution in [2.75, 3.05) is 0 Å². The first-order valence-electron chi connectivity index (χ1n) is 5.14. The lowest BCUT2D eigenvalue weighted by molar-refractivity contribution is 0.0917. The highest BCUT2D eigenvalue weighted by Crippen LogP contribution is 2.29. The summed E-state index contributed by atoms with van der Waals surface area (Å²) >= 11 is 0. The van der Waals surface area contributed by atoms with Crippen LogP contribution in [0.15, 0.2) is 36.4 Å². The van der Waals surface area contributed by atoms with Crippen molar-refractivity contribution in [3.63, 3.8) is 0 Å². The fraction of sp³-hybridized carbons (Fsp3) is 0.0833. The molecule has 0 unspecified atom stereocenters. The predicted octanol–water partition coefficient (Wildman–Crippen LogP) is 2.14. The Kier molecular flexibility index (Phi) is 3.38. The third-order valence-electron chi connectivity index (χ3n) is 2.14. The Balaban J connectivity index is 1.88. The van der Waals surface area contributed by atoms with Crippen LogP contribution in [0.2, 0.25) is 0 Å². The number of aromatic hydroxyl groups is 2. The molecule has 0 aliphatic rings. The molecule has 0 atom stereocenters. The molecular weight excluding hydrogens is 238 g/mol. The molecule has 1 aromatic carbocycles. The first kappa shape index (κ1) is 11.8. The number of benzene rings is 1. The molecule has 94 valence electrons. The van der Waals surface area contributed by atoms with Crippen LogP contribution in [0.3, 0.4) is 0 Å². The highest BCUT2D eigenvalue weighted by atomic mass is 16.7. The number of hydrogen-bond donors (Lipinski definition) is 3.